The molecular formula is C9H10O2. The molecule has 0 amide bonds. The van der Waals surface area contributed by atoms with Gasteiger partial charge in [-0.25, -0.2) is 0 Å². The van der Waals surface area contributed by atoms with Gasteiger partial charge in [-0.3, -0.25) is 4.79 Å². The number of Topliss-reactive ketones (excluding diaryl/α,β-unsaturated/α-hetero) is 1. The maximum absolute atomic E-state index is 10.8. The number of carbonyl (C=O) groups excluding carboxylic acids is 1. The predicted octanol–water partition coefficient (Wildman–Crippen LogP) is 1.90. The number of carbonyl (C=O) groups is 1. The van der Waals surface area contributed by atoms with Crippen LogP contribution in [0, 0.1) is 0 Å². The molecule has 1 aromatic rings. The van der Waals surface area contributed by atoms with Crippen LogP contribution < -0.4 is 4.74 Å². The highest BCUT2D eigenvalue weighted by molar-refractivity contribution is 5.94. The second-order valence-corrected chi connectivity index (χ2v) is 2.28. The van der Waals surface area contributed by atoms with Crippen LogP contribution in [-0.2, 0) is 0 Å². The fraction of sp³-hybridized carbons (Fsp3) is 0.222. The van der Waals surface area contributed by atoms with E-state index in [1.807, 2.05) is 0 Å². The Bertz CT molecular complexity index is 249. The van der Waals surface area contributed by atoms with Gasteiger partial charge in [-0.15, -0.1) is 0 Å². The molecular weight excluding hydrogens is 139 g/mol. The smallest absolute Gasteiger partial charge is 0.159 e. The first kappa shape index (κ1) is 7.79. The van der Waals surface area contributed by atoms with Crippen LogP contribution >= 0.6 is 0 Å². The Balaban J connectivity index is 2.91. The Hall–Kier alpha value is -1.31. The molecule has 1 rings (SSSR count). The van der Waals surface area contributed by atoms with E-state index in [1.54, 1.807) is 38.3 Å². The average molecular weight is 149 g/mol. The van der Waals surface area contributed by atoms with Gasteiger partial charge < -0.3 is 4.74 Å². The molecule has 2 nitrogen and oxygen atoms in total. The normalized spacial score (nSPS) is 9.27. The zero-order valence-electron chi connectivity index (χ0n) is 6.63. The Labute approximate surface area is 65.8 Å². The molecule has 0 heterocycles. The second kappa shape index (κ2) is 3.19. The van der Waals surface area contributed by atoms with Crippen LogP contribution in [0.5, 0.6) is 5.75 Å². The van der Waals surface area contributed by atoms with E-state index in [1.165, 1.54) is 0 Å². The van der Waals surface area contributed by atoms with Gasteiger partial charge in [0.2, 0.25) is 0 Å². The molecule has 0 saturated heterocycles. The van der Waals surface area contributed by atoms with Crippen molar-refractivity contribution >= 4 is 5.78 Å². The Morgan fingerprint density at radius 3 is 2.18 bits per heavy atom. The molecule has 0 aliphatic rings. The van der Waals surface area contributed by atoms with E-state index in [0.717, 1.165) is 5.75 Å². The SMILES string of the molecule is COc1ccc([11C](C)=O)cc1. The van der Waals surface area contributed by atoms with E-state index in [4.69, 9.17) is 4.74 Å². The summed E-state index contributed by atoms with van der Waals surface area (Å²) in [5.41, 5.74) is 0.714. The van der Waals surface area contributed by atoms with Gasteiger partial charge in [0.25, 0.3) is 0 Å². The van der Waals surface area contributed by atoms with Crippen LogP contribution in [0.1, 0.15) is 17.3 Å². The minimum absolute atomic E-state index is 0.0765. The van der Waals surface area contributed by atoms with Gasteiger partial charge in [0, 0.05) is 5.56 Å². The van der Waals surface area contributed by atoms with Gasteiger partial charge in [-0.2, -0.15) is 0 Å². The van der Waals surface area contributed by atoms with Crippen LogP contribution in [-0.4, -0.2) is 12.9 Å². The standard InChI is InChI=1S/C9H10O2/c1-7(10)8-3-5-9(11-2)6-4-8/h3-6H,1-2H3/i7-1. The van der Waals surface area contributed by atoms with Gasteiger partial charge in [-0.05, 0) is 31.2 Å². The van der Waals surface area contributed by atoms with Gasteiger partial charge in [0.15, 0.2) is 5.78 Å². The van der Waals surface area contributed by atoms with Crippen molar-refractivity contribution in [2.45, 2.75) is 6.92 Å². The average Bonchev–Trinajstić information content (AvgIpc) is 2.05. The molecule has 0 spiro atoms. The predicted molar refractivity (Wildman–Crippen MR) is 43.0 cm³/mol. The topological polar surface area (TPSA) is 26.3 Å². The summed E-state index contributed by atoms with van der Waals surface area (Å²) < 4.78 is 4.94. The van der Waals surface area contributed by atoms with E-state index < -0.39 is 0 Å². The van der Waals surface area contributed by atoms with Crippen molar-refractivity contribution in [2.24, 2.45) is 0 Å². The first-order valence-corrected chi connectivity index (χ1v) is 3.39. The van der Waals surface area contributed by atoms with Crippen molar-refractivity contribution in [3.05, 3.63) is 29.8 Å². The first-order chi connectivity index (χ1) is 5.24. The second-order valence-electron chi connectivity index (χ2n) is 2.28. The highest BCUT2D eigenvalue weighted by atomic mass is 16.5. The molecule has 0 atom stereocenters. The van der Waals surface area contributed by atoms with Crippen molar-refractivity contribution in [2.75, 3.05) is 7.11 Å². The van der Waals surface area contributed by atoms with Crippen molar-refractivity contribution < 1.29 is 9.53 Å². The molecule has 0 saturated carbocycles. The van der Waals surface area contributed by atoms with Crippen molar-refractivity contribution in [1.82, 2.24) is 0 Å². The highest BCUT2D eigenvalue weighted by Gasteiger charge is 1.97. The number of rotatable bonds is 2. The lowest BCUT2D eigenvalue weighted by Gasteiger charge is -1.98. The molecule has 0 aliphatic carbocycles. The fourth-order valence-electron chi connectivity index (χ4n) is 0.826. The number of ketones is 1. The summed E-state index contributed by atoms with van der Waals surface area (Å²) in [7, 11) is 1.60. The quantitative estimate of drug-likeness (QED) is 0.600. The maximum atomic E-state index is 10.8. The highest BCUT2D eigenvalue weighted by Crippen LogP contribution is 2.11. The summed E-state index contributed by atoms with van der Waals surface area (Å²) in [5.74, 6) is 0.850. The van der Waals surface area contributed by atoms with Gasteiger partial charge in [-0.1, -0.05) is 0 Å². The van der Waals surface area contributed by atoms with Crippen LogP contribution in [0.2, 0.25) is 0 Å². The third-order valence-corrected chi connectivity index (χ3v) is 1.50. The van der Waals surface area contributed by atoms with E-state index in [-0.39, 0.29) is 5.78 Å². The monoisotopic (exact) mass is 149 g/mol. The maximum Gasteiger partial charge on any atom is 0.159 e. The molecule has 0 unspecified atom stereocenters. The minimum atomic E-state index is 0.0765. The number of hydrogen-bond acceptors (Lipinski definition) is 2. The van der Waals surface area contributed by atoms with Gasteiger partial charge >= 0.3 is 0 Å². The van der Waals surface area contributed by atoms with E-state index in [0.29, 0.717) is 5.56 Å². The van der Waals surface area contributed by atoms with Crippen LogP contribution in [0.25, 0.3) is 0 Å². The van der Waals surface area contributed by atoms with Crippen molar-refractivity contribution in [1.29, 1.82) is 0 Å². The lowest BCUT2D eigenvalue weighted by atomic mass is 9.80. The van der Waals surface area contributed by atoms with Gasteiger partial charge in [0.1, 0.15) is 5.75 Å². The summed E-state index contributed by atoms with van der Waals surface area (Å²) in [4.78, 5) is 10.8. The largest absolute Gasteiger partial charge is 0.497 e. The Morgan fingerprint density at radius 2 is 1.82 bits per heavy atom. The Kier molecular flexibility index (Phi) is 2.26. The minimum Gasteiger partial charge on any atom is -0.497 e. The summed E-state index contributed by atoms with van der Waals surface area (Å²) >= 11 is 0. The van der Waals surface area contributed by atoms with Crippen molar-refractivity contribution in [3.8, 4) is 5.75 Å². The summed E-state index contributed by atoms with van der Waals surface area (Å²) in [6.07, 6.45) is 0. The molecule has 1 aromatic carbocycles. The summed E-state index contributed by atoms with van der Waals surface area (Å²) in [6.45, 7) is 1.54. The molecule has 0 aliphatic heterocycles. The van der Waals surface area contributed by atoms with Crippen LogP contribution in [0.15, 0.2) is 24.3 Å². The Morgan fingerprint density at radius 1 is 1.27 bits per heavy atom. The van der Waals surface area contributed by atoms with E-state index >= 15 is 0 Å². The van der Waals surface area contributed by atoms with Crippen LogP contribution in [0.4, 0.5) is 0 Å². The zero-order valence-corrected chi connectivity index (χ0v) is 6.63. The van der Waals surface area contributed by atoms with Crippen molar-refractivity contribution in [3.63, 3.8) is 0 Å². The third-order valence-electron chi connectivity index (χ3n) is 1.50. The zero-order chi connectivity index (χ0) is 8.27. The molecule has 58 valence electrons. The third kappa shape index (κ3) is 1.80. The molecule has 0 aromatic heterocycles. The molecule has 2 heteroatoms. The molecule has 0 radical (unpaired) electrons. The summed E-state index contributed by atoms with van der Waals surface area (Å²) in [5, 5.41) is 0. The molecule has 0 N–H and O–H groups in total. The van der Waals surface area contributed by atoms with Gasteiger partial charge in [0.05, 0.1) is 7.11 Å². The lowest BCUT2D eigenvalue weighted by Crippen LogP contribution is -1.91. The van der Waals surface area contributed by atoms with Crippen LogP contribution in [0.3, 0.4) is 0 Å². The van der Waals surface area contributed by atoms with E-state index in [9.17, 15) is 4.79 Å². The van der Waals surface area contributed by atoms with E-state index in [2.05, 4.69) is 0 Å². The summed E-state index contributed by atoms with van der Waals surface area (Å²) in [6, 6.07) is 7.05. The molecule has 0 bridgehead atoms. The molecule has 11 heavy (non-hydrogen) atoms. The first-order valence-electron chi connectivity index (χ1n) is 3.39. The lowest BCUT2D eigenvalue weighted by molar-refractivity contribution is 0.101. The number of methoxy groups -OCH3 is 1. The number of benzene rings is 1. The fourth-order valence-corrected chi connectivity index (χ4v) is 0.826. The number of hydrogen-bond donors (Lipinski definition) is 0. The molecule has 0 fully saturated rings. The number of ether oxygens (including phenoxy) is 1.